The van der Waals surface area contributed by atoms with Gasteiger partial charge in [0.05, 0.1) is 0 Å². The van der Waals surface area contributed by atoms with Crippen LogP contribution in [0.5, 0.6) is 11.5 Å². The quantitative estimate of drug-likeness (QED) is 0.0334. The number of thiazole rings is 1. The number of hydrogen-bond acceptors (Lipinski definition) is 11. The number of rotatable bonds is 13. The van der Waals surface area contributed by atoms with E-state index >= 15 is 0 Å². The fraction of sp³-hybridized carbons (Fsp3) is 0.158. The third kappa shape index (κ3) is 7.77. The number of nitrogens with zero attached hydrogens (tertiary/aromatic N) is 2. The molecule has 0 aliphatic rings. The van der Waals surface area contributed by atoms with Crippen LogP contribution < -0.4 is 14.8 Å². The smallest absolute Gasteiger partial charge is 0.360 e. The zero-order valence-electron chi connectivity index (χ0n) is 27.6. The molecule has 0 amide bonds. The van der Waals surface area contributed by atoms with Crippen LogP contribution in [0.15, 0.2) is 120 Å². The zero-order chi connectivity index (χ0) is 35.9. The standard InChI is InChI=1S/C38H33N3O8S/c1-24(42)47-31-21-20-26(22-32(31)48-25(2)43)34(44)37(3,4)49-41-33(35(45)46)30-23-50-36(39-30)40-38(27-14-8-5-9-15-27,28-16-10-6-11-17-28)29-18-12-7-13-19-29/h5-23H,1-4H3,(H,39,40)(H,45,46)/b41-33-. The van der Waals surface area contributed by atoms with Gasteiger partial charge in [0.2, 0.25) is 11.5 Å². The third-order valence-electron chi connectivity index (χ3n) is 7.49. The van der Waals surface area contributed by atoms with Gasteiger partial charge >= 0.3 is 17.9 Å². The average Bonchev–Trinajstić information content (AvgIpc) is 3.56. The Balaban J connectivity index is 1.47. The monoisotopic (exact) mass is 691 g/mol. The van der Waals surface area contributed by atoms with Gasteiger partial charge < -0.3 is 24.7 Å². The fourth-order valence-electron chi connectivity index (χ4n) is 5.25. The molecule has 0 radical (unpaired) electrons. The minimum absolute atomic E-state index is 0.0132. The lowest BCUT2D eigenvalue weighted by atomic mass is 9.77. The number of ether oxygens (including phenoxy) is 2. The number of hydrogen-bond donors (Lipinski definition) is 2. The van der Waals surface area contributed by atoms with Gasteiger partial charge in [0.1, 0.15) is 11.2 Å². The predicted molar refractivity (Wildman–Crippen MR) is 188 cm³/mol. The Labute approximate surface area is 292 Å². The van der Waals surface area contributed by atoms with E-state index in [9.17, 15) is 24.3 Å². The molecule has 4 aromatic carbocycles. The first-order valence-electron chi connectivity index (χ1n) is 15.4. The van der Waals surface area contributed by atoms with Crippen LogP contribution in [0.4, 0.5) is 5.13 Å². The molecule has 254 valence electrons. The molecule has 50 heavy (non-hydrogen) atoms. The van der Waals surface area contributed by atoms with E-state index in [2.05, 4.69) is 15.5 Å². The first kappa shape index (κ1) is 35.2. The van der Waals surface area contributed by atoms with Crippen molar-refractivity contribution >= 4 is 45.9 Å². The van der Waals surface area contributed by atoms with Gasteiger partial charge in [0, 0.05) is 24.8 Å². The van der Waals surface area contributed by atoms with Crippen LogP contribution in [-0.2, 0) is 24.8 Å². The third-order valence-corrected chi connectivity index (χ3v) is 8.25. The number of aromatic nitrogens is 1. The maximum absolute atomic E-state index is 13.5. The molecule has 12 heteroatoms. The first-order valence-corrected chi connectivity index (χ1v) is 16.2. The van der Waals surface area contributed by atoms with Crippen molar-refractivity contribution in [3.8, 4) is 11.5 Å². The first-order chi connectivity index (χ1) is 23.9. The topological polar surface area (TPSA) is 153 Å². The molecule has 0 atom stereocenters. The van der Waals surface area contributed by atoms with Crippen LogP contribution in [0, 0.1) is 0 Å². The summed E-state index contributed by atoms with van der Waals surface area (Å²) < 4.78 is 10.2. The van der Waals surface area contributed by atoms with Crippen molar-refractivity contribution in [3.63, 3.8) is 0 Å². The summed E-state index contributed by atoms with van der Waals surface area (Å²) in [7, 11) is 0. The summed E-state index contributed by atoms with van der Waals surface area (Å²) in [5, 5.41) is 19.6. The largest absolute Gasteiger partial charge is 0.476 e. The van der Waals surface area contributed by atoms with E-state index in [0.717, 1.165) is 23.6 Å². The summed E-state index contributed by atoms with van der Waals surface area (Å²) in [6, 6.07) is 33.5. The fourth-order valence-corrected chi connectivity index (χ4v) is 6.00. The second-order valence-electron chi connectivity index (χ2n) is 11.5. The lowest BCUT2D eigenvalue weighted by molar-refractivity contribution is -0.134. The van der Waals surface area contributed by atoms with Crippen molar-refractivity contribution in [3.05, 3.63) is 143 Å². The van der Waals surface area contributed by atoms with Crippen molar-refractivity contribution in [1.29, 1.82) is 0 Å². The van der Waals surface area contributed by atoms with Crippen LogP contribution >= 0.6 is 11.3 Å². The maximum atomic E-state index is 13.5. The van der Waals surface area contributed by atoms with Gasteiger partial charge in [0.25, 0.3) is 0 Å². The molecule has 0 aliphatic carbocycles. The number of carbonyl (C=O) groups is 4. The number of ketones is 1. The number of carboxylic acids is 1. The summed E-state index contributed by atoms with van der Waals surface area (Å²) in [5.41, 5.74) is -0.260. The molecule has 0 spiro atoms. The zero-order valence-corrected chi connectivity index (χ0v) is 28.4. The Bertz CT molecular complexity index is 1950. The van der Waals surface area contributed by atoms with Gasteiger partial charge in [-0.1, -0.05) is 96.2 Å². The molecule has 1 heterocycles. The minimum Gasteiger partial charge on any atom is -0.476 e. The normalized spacial score (nSPS) is 11.7. The number of oxime groups is 1. The van der Waals surface area contributed by atoms with E-state index < -0.39 is 40.5 Å². The maximum Gasteiger partial charge on any atom is 0.360 e. The second-order valence-corrected chi connectivity index (χ2v) is 12.4. The summed E-state index contributed by atoms with van der Waals surface area (Å²) >= 11 is 1.19. The highest BCUT2D eigenvalue weighted by Crippen LogP contribution is 2.40. The average molecular weight is 692 g/mol. The van der Waals surface area contributed by atoms with Crippen molar-refractivity contribution in [2.45, 2.75) is 38.8 Å². The second kappa shape index (κ2) is 15.0. The molecule has 2 N–H and O–H groups in total. The molecule has 0 saturated carbocycles. The molecular formula is C38H33N3O8S. The van der Waals surface area contributed by atoms with Gasteiger partial charge in [-0.3, -0.25) is 14.4 Å². The van der Waals surface area contributed by atoms with E-state index in [0.29, 0.717) is 5.13 Å². The molecule has 5 rings (SSSR count). The van der Waals surface area contributed by atoms with E-state index in [-0.39, 0.29) is 22.8 Å². The van der Waals surface area contributed by atoms with E-state index in [1.807, 2.05) is 91.0 Å². The summed E-state index contributed by atoms with van der Waals surface area (Å²) in [4.78, 5) is 59.3. The Morgan fingerprint density at radius 3 is 1.72 bits per heavy atom. The lowest BCUT2D eigenvalue weighted by Gasteiger charge is -2.36. The van der Waals surface area contributed by atoms with Gasteiger partial charge in [-0.05, 0) is 48.7 Å². The van der Waals surface area contributed by atoms with Crippen LogP contribution in [0.25, 0.3) is 0 Å². The number of benzene rings is 4. The predicted octanol–water partition coefficient (Wildman–Crippen LogP) is 6.86. The molecule has 0 bridgehead atoms. The molecule has 0 unspecified atom stereocenters. The highest BCUT2D eigenvalue weighted by Gasteiger charge is 2.38. The molecule has 11 nitrogen and oxygen atoms in total. The molecule has 1 aromatic heterocycles. The van der Waals surface area contributed by atoms with Crippen LogP contribution in [0.2, 0.25) is 0 Å². The van der Waals surface area contributed by atoms with Gasteiger partial charge in [-0.15, -0.1) is 11.3 Å². The summed E-state index contributed by atoms with van der Waals surface area (Å²) in [6.07, 6.45) is 0. The highest BCUT2D eigenvalue weighted by atomic mass is 32.1. The molecule has 0 saturated heterocycles. The van der Waals surface area contributed by atoms with Gasteiger partial charge in [-0.25, -0.2) is 9.78 Å². The number of Topliss-reactive ketones (excluding diaryl/α,β-unsaturated/α-hetero) is 1. The summed E-state index contributed by atoms with van der Waals surface area (Å²) in [5.74, 6) is -3.59. The Kier molecular flexibility index (Phi) is 10.5. The Morgan fingerprint density at radius 2 is 1.24 bits per heavy atom. The Morgan fingerprint density at radius 1 is 0.740 bits per heavy atom. The number of esters is 2. The molecule has 0 fully saturated rings. The SMILES string of the molecule is CC(=O)Oc1ccc(C(=O)C(C)(C)O/N=C(\C(=O)O)c2csc(NC(c3ccccc3)(c3ccccc3)c3ccccc3)n2)cc1OC(C)=O. The highest BCUT2D eigenvalue weighted by molar-refractivity contribution is 7.14. The van der Waals surface area contributed by atoms with Crippen LogP contribution in [-0.4, -0.2) is 45.1 Å². The molecule has 5 aromatic rings. The van der Waals surface area contributed by atoms with Crippen molar-refractivity contribution in [2.75, 3.05) is 5.32 Å². The van der Waals surface area contributed by atoms with E-state index in [1.54, 1.807) is 5.38 Å². The lowest BCUT2D eigenvalue weighted by Crippen LogP contribution is -2.38. The molecular weight excluding hydrogens is 658 g/mol. The van der Waals surface area contributed by atoms with Crippen molar-refractivity contribution in [1.82, 2.24) is 4.98 Å². The summed E-state index contributed by atoms with van der Waals surface area (Å²) in [6.45, 7) is 5.16. The number of carboxylic acid groups (broad SMARTS) is 1. The van der Waals surface area contributed by atoms with Crippen LogP contribution in [0.1, 0.15) is 60.4 Å². The number of nitrogens with one attached hydrogen (secondary N) is 1. The van der Waals surface area contributed by atoms with E-state index in [1.165, 1.54) is 50.3 Å². The van der Waals surface area contributed by atoms with Gasteiger partial charge in [-0.2, -0.15) is 0 Å². The minimum atomic E-state index is -1.68. The van der Waals surface area contributed by atoms with Crippen molar-refractivity contribution < 1.29 is 38.6 Å². The van der Waals surface area contributed by atoms with Crippen molar-refractivity contribution in [2.24, 2.45) is 5.16 Å². The number of anilines is 1. The Hall–Kier alpha value is -6.14. The number of aliphatic carboxylic acids is 1. The van der Waals surface area contributed by atoms with E-state index in [4.69, 9.17) is 14.3 Å². The van der Waals surface area contributed by atoms with Crippen LogP contribution in [0.3, 0.4) is 0 Å². The molecule has 0 aliphatic heterocycles. The van der Waals surface area contributed by atoms with Gasteiger partial charge in [0.15, 0.2) is 22.2 Å². The number of carbonyl (C=O) groups excluding carboxylic acids is 3.